The van der Waals surface area contributed by atoms with Gasteiger partial charge in [-0.15, -0.1) is 0 Å². The number of aromatic nitrogens is 2. The number of hydrogen-bond acceptors (Lipinski definition) is 6. The third-order valence-electron chi connectivity index (χ3n) is 5.80. The number of anilines is 3. The van der Waals surface area contributed by atoms with Crippen molar-refractivity contribution in [3.05, 3.63) is 65.5 Å². The second-order valence-corrected chi connectivity index (χ2v) is 8.49. The Balaban J connectivity index is 1.56. The SMILES string of the molecule is Nc1nc(NC2CCCN(c3cc(C(F)(F)F)cc(-c4ccc(F)cc4)n3)C2)ccc1C(=O)C(F)(F)F. The molecule has 1 unspecified atom stereocenters. The molecule has 1 saturated heterocycles. The molecule has 1 aromatic carbocycles. The summed E-state index contributed by atoms with van der Waals surface area (Å²) in [6, 6.07) is 8.52. The van der Waals surface area contributed by atoms with E-state index in [9.17, 15) is 35.5 Å². The molecule has 3 N–H and O–H groups in total. The van der Waals surface area contributed by atoms with E-state index in [1.54, 1.807) is 4.90 Å². The fourth-order valence-electron chi connectivity index (χ4n) is 4.02. The highest BCUT2D eigenvalue weighted by atomic mass is 19.4. The summed E-state index contributed by atoms with van der Waals surface area (Å²) < 4.78 is 92.3. The van der Waals surface area contributed by atoms with Crippen molar-refractivity contribution >= 4 is 23.2 Å². The van der Waals surface area contributed by atoms with Crippen LogP contribution >= 0.6 is 0 Å². The van der Waals surface area contributed by atoms with Crippen molar-refractivity contribution < 1.29 is 35.5 Å². The molecule has 3 aromatic rings. The van der Waals surface area contributed by atoms with Gasteiger partial charge in [-0.3, -0.25) is 4.79 Å². The van der Waals surface area contributed by atoms with Gasteiger partial charge in [0.05, 0.1) is 16.8 Å². The predicted molar refractivity (Wildman–Crippen MR) is 123 cm³/mol. The third kappa shape index (κ3) is 6.09. The number of rotatable bonds is 5. The summed E-state index contributed by atoms with van der Waals surface area (Å²) in [5.74, 6) is -3.05. The number of nitrogens with two attached hydrogens (primary N) is 1. The number of benzene rings is 1. The maximum Gasteiger partial charge on any atom is 0.455 e. The van der Waals surface area contributed by atoms with E-state index < -0.39 is 40.9 Å². The van der Waals surface area contributed by atoms with Gasteiger partial charge in [-0.1, -0.05) is 0 Å². The Hall–Kier alpha value is -3.90. The molecule has 0 saturated carbocycles. The number of pyridine rings is 2. The van der Waals surface area contributed by atoms with Gasteiger partial charge in [-0.2, -0.15) is 26.3 Å². The number of halogens is 7. The molecular weight excluding hydrogens is 507 g/mol. The van der Waals surface area contributed by atoms with E-state index in [2.05, 4.69) is 15.3 Å². The normalized spacial score (nSPS) is 16.5. The van der Waals surface area contributed by atoms with Gasteiger partial charge in [0.1, 0.15) is 23.3 Å². The van der Waals surface area contributed by atoms with Crippen LogP contribution in [0.4, 0.5) is 48.2 Å². The Morgan fingerprint density at radius 3 is 2.32 bits per heavy atom. The highest BCUT2D eigenvalue weighted by molar-refractivity contribution is 6.03. The van der Waals surface area contributed by atoms with Crippen LogP contribution in [0.25, 0.3) is 11.3 Å². The lowest BCUT2D eigenvalue weighted by Gasteiger charge is -2.34. The molecule has 4 rings (SSSR count). The van der Waals surface area contributed by atoms with Crippen molar-refractivity contribution in [3.8, 4) is 11.3 Å². The largest absolute Gasteiger partial charge is 0.455 e. The second kappa shape index (κ2) is 9.87. The number of Topliss-reactive ketones (excluding diaryl/α,β-unsaturated/α-hetero) is 1. The van der Waals surface area contributed by atoms with E-state index in [0.29, 0.717) is 24.9 Å². The number of alkyl halides is 6. The lowest BCUT2D eigenvalue weighted by Crippen LogP contribution is -2.42. The van der Waals surface area contributed by atoms with E-state index in [1.165, 1.54) is 18.2 Å². The van der Waals surface area contributed by atoms with Crippen molar-refractivity contribution in [2.24, 2.45) is 0 Å². The third-order valence-corrected chi connectivity index (χ3v) is 5.80. The van der Waals surface area contributed by atoms with Crippen molar-refractivity contribution in [2.75, 3.05) is 29.0 Å². The Bertz CT molecular complexity index is 1290. The number of nitrogens with zero attached hydrogens (tertiary/aromatic N) is 3. The lowest BCUT2D eigenvalue weighted by molar-refractivity contribution is -0.137. The number of carbonyl (C=O) groups excluding carboxylic acids is 1. The van der Waals surface area contributed by atoms with E-state index >= 15 is 0 Å². The van der Waals surface area contributed by atoms with Gasteiger partial charge in [0.15, 0.2) is 0 Å². The molecular formula is C24H20F7N5O. The zero-order chi connectivity index (χ0) is 27.0. The molecule has 1 aliphatic heterocycles. The Kier molecular flexibility index (Phi) is 6.98. The molecule has 6 nitrogen and oxygen atoms in total. The number of ketones is 1. The fourth-order valence-corrected chi connectivity index (χ4v) is 4.02. The van der Waals surface area contributed by atoms with Crippen LogP contribution in [0.3, 0.4) is 0 Å². The molecule has 1 atom stereocenters. The van der Waals surface area contributed by atoms with E-state index in [4.69, 9.17) is 5.73 Å². The molecule has 196 valence electrons. The first-order chi connectivity index (χ1) is 17.3. The minimum atomic E-state index is -5.10. The lowest BCUT2D eigenvalue weighted by atomic mass is 10.0. The maximum atomic E-state index is 13.6. The van der Waals surface area contributed by atoms with Gasteiger partial charge in [0.25, 0.3) is 5.78 Å². The maximum absolute atomic E-state index is 13.6. The van der Waals surface area contributed by atoms with Crippen LogP contribution in [0.2, 0.25) is 0 Å². The standard InChI is InChI=1S/C24H20F7N5O/c25-15-5-3-13(4-6-15)18-10-14(23(26,27)28)11-20(34-18)36-9-1-2-16(12-36)33-19-8-7-17(22(32)35-19)21(37)24(29,30)31/h3-8,10-11,16H,1-2,9,12H2,(H3,32,33,35). The zero-order valence-electron chi connectivity index (χ0n) is 19.0. The first kappa shape index (κ1) is 26.2. The number of nitrogen functional groups attached to an aromatic ring is 1. The number of piperidine rings is 1. The summed E-state index contributed by atoms with van der Waals surface area (Å²) in [6.45, 7) is 0.617. The molecule has 2 aromatic heterocycles. The van der Waals surface area contributed by atoms with Crippen molar-refractivity contribution in [1.29, 1.82) is 0 Å². The quantitative estimate of drug-likeness (QED) is 0.327. The van der Waals surface area contributed by atoms with Crippen LogP contribution in [0.5, 0.6) is 0 Å². The average molecular weight is 527 g/mol. The molecule has 0 spiro atoms. The Morgan fingerprint density at radius 2 is 1.70 bits per heavy atom. The average Bonchev–Trinajstić information content (AvgIpc) is 2.83. The van der Waals surface area contributed by atoms with Crippen molar-refractivity contribution in [1.82, 2.24) is 9.97 Å². The summed E-state index contributed by atoms with van der Waals surface area (Å²) in [4.78, 5) is 21.3. The molecule has 1 fully saturated rings. The topological polar surface area (TPSA) is 84.1 Å². The smallest absolute Gasteiger partial charge is 0.383 e. The molecule has 0 aliphatic carbocycles. The first-order valence-electron chi connectivity index (χ1n) is 11.1. The van der Waals surface area contributed by atoms with Gasteiger partial charge in [-0.05, 0) is 61.4 Å². The van der Waals surface area contributed by atoms with Gasteiger partial charge in [0, 0.05) is 24.7 Å². The van der Waals surface area contributed by atoms with E-state index in [1.807, 2.05) is 0 Å². The first-order valence-corrected chi connectivity index (χ1v) is 11.1. The molecule has 0 amide bonds. The summed E-state index contributed by atoms with van der Waals surface area (Å²) in [5.41, 5.74) is 4.22. The number of nitrogens with one attached hydrogen (secondary N) is 1. The molecule has 1 aliphatic rings. The Labute approximate surface area is 206 Å². The van der Waals surface area contributed by atoms with E-state index in [-0.39, 0.29) is 29.9 Å². The molecule has 0 bridgehead atoms. The van der Waals surface area contributed by atoms with Crippen molar-refractivity contribution in [3.63, 3.8) is 0 Å². The van der Waals surface area contributed by atoms with Crippen LogP contribution in [0, 0.1) is 5.82 Å². The zero-order valence-corrected chi connectivity index (χ0v) is 19.0. The van der Waals surface area contributed by atoms with Gasteiger partial charge in [0.2, 0.25) is 0 Å². The minimum Gasteiger partial charge on any atom is -0.383 e. The van der Waals surface area contributed by atoms with Crippen LogP contribution in [-0.4, -0.2) is 41.1 Å². The molecule has 3 heterocycles. The summed E-state index contributed by atoms with van der Waals surface area (Å²) in [7, 11) is 0. The van der Waals surface area contributed by atoms with Crippen molar-refractivity contribution in [2.45, 2.75) is 31.2 Å². The fraction of sp³-hybridized carbons (Fsp3) is 0.292. The van der Waals surface area contributed by atoms with Crippen LogP contribution in [0.15, 0.2) is 48.5 Å². The number of carbonyl (C=O) groups is 1. The van der Waals surface area contributed by atoms with Gasteiger partial charge in [-0.25, -0.2) is 14.4 Å². The monoisotopic (exact) mass is 527 g/mol. The second-order valence-electron chi connectivity index (χ2n) is 8.49. The predicted octanol–water partition coefficient (Wildman–Crippen LogP) is 5.71. The van der Waals surface area contributed by atoms with Crippen LogP contribution in [0.1, 0.15) is 28.8 Å². The summed E-state index contributed by atoms with van der Waals surface area (Å²) in [6.07, 6.45) is -8.58. The minimum absolute atomic E-state index is 0.0271. The summed E-state index contributed by atoms with van der Waals surface area (Å²) in [5, 5.41) is 3.01. The van der Waals surface area contributed by atoms with E-state index in [0.717, 1.165) is 30.3 Å². The van der Waals surface area contributed by atoms with Gasteiger partial charge < -0.3 is 16.0 Å². The molecule has 13 heteroatoms. The summed E-state index contributed by atoms with van der Waals surface area (Å²) >= 11 is 0. The molecule has 0 radical (unpaired) electrons. The number of hydrogen-bond donors (Lipinski definition) is 2. The highest BCUT2D eigenvalue weighted by Gasteiger charge is 2.40. The Morgan fingerprint density at radius 1 is 1.00 bits per heavy atom. The molecule has 37 heavy (non-hydrogen) atoms. The van der Waals surface area contributed by atoms with Gasteiger partial charge >= 0.3 is 12.4 Å². The van der Waals surface area contributed by atoms with Crippen LogP contribution in [-0.2, 0) is 6.18 Å². The van der Waals surface area contributed by atoms with Crippen LogP contribution < -0.4 is 16.0 Å². The highest BCUT2D eigenvalue weighted by Crippen LogP contribution is 2.35.